The molecule has 0 fully saturated rings. The minimum absolute atomic E-state index is 0.218. The molecule has 0 bridgehead atoms. The van der Waals surface area contributed by atoms with Crippen LogP contribution in [0.4, 0.5) is 10.5 Å². The van der Waals surface area contributed by atoms with Crippen molar-refractivity contribution in [2.45, 2.75) is 19.4 Å². The van der Waals surface area contributed by atoms with Gasteiger partial charge in [0, 0.05) is 23.8 Å². The van der Waals surface area contributed by atoms with Crippen molar-refractivity contribution < 1.29 is 9.90 Å². The molecule has 100 valence electrons. The first kappa shape index (κ1) is 15.3. The Bertz CT molecular complexity index is 427. The molecule has 4 nitrogen and oxygen atoms in total. The fourth-order valence-electron chi connectivity index (χ4n) is 1.27. The molecule has 1 aromatic rings. The van der Waals surface area contributed by atoms with Crippen molar-refractivity contribution in [3.05, 3.63) is 27.7 Å². The summed E-state index contributed by atoms with van der Waals surface area (Å²) in [7, 11) is 1.68. The second kappa shape index (κ2) is 6.97. The normalized spacial score (nSPS) is 12.1. The molecular weight excluding hydrogens is 320 g/mol. The molecule has 2 N–H and O–H groups in total. The highest BCUT2D eigenvalue weighted by Gasteiger charge is 2.10. The molecule has 1 unspecified atom stereocenters. The van der Waals surface area contributed by atoms with Crippen molar-refractivity contribution >= 4 is 39.2 Å². The van der Waals surface area contributed by atoms with E-state index < -0.39 is 6.10 Å². The average molecular weight is 336 g/mol. The number of carbonyl (C=O) groups excluding carboxylic acids is 1. The Balaban J connectivity index is 2.55. The molecule has 18 heavy (non-hydrogen) atoms. The molecule has 1 aromatic carbocycles. The minimum atomic E-state index is -0.412. The lowest BCUT2D eigenvalue weighted by Gasteiger charge is -2.18. The SMILES string of the molecule is CC(O)CCN(C)C(=O)Nc1ccc(Cl)c(Br)c1. The van der Waals surface area contributed by atoms with Crippen LogP contribution in [0.25, 0.3) is 0 Å². The summed E-state index contributed by atoms with van der Waals surface area (Å²) in [4.78, 5) is 13.3. The first-order valence-corrected chi connectivity index (χ1v) is 6.72. The summed E-state index contributed by atoms with van der Waals surface area (Å²) in [5.74, 6) is 0. The fraction of sp³-hybridized carbons (Fsp3) is 0.417. The van der Waals surface area contributed by atoms with Gasteiger partial charge in [0.1, 0.15) is 0 Å². The number of nitrogens with one attached hydrogen (secondary N) is 1. The first-order chi connectivity index (χ1) is 8.40. The predicted octanol–water partition coefficient (Wildman–Crippen LogP) is 3.34. The lowest BCUT2D eigenvalue weighted by atomic mass is 10.3. The lowest BCUT2D eigenvalue weighted by Crippen LogP contribution is -2.33. The molecular formula is C12H16BrClN2O2. The van der Waals surface area contributed by atoms with Gasteiger partial charge in [-0.1, -0.05) is 11.6 Å². The molecule has 0 aromatic heterocycles. The van der Waals surface area contributed by atoms with Gasteiger partial charge < -0.3 is 15.3 Å². The zero-order chi connectivity index (χ0) is 13.7. The summed E-state index contributed by atoms with van der Waals surface area (Å²) in [6.45, 7) is 2.19. The van der Waals surface area contributed by atoms with Gasteiger partial charge in [-0.15, -0.1) is 0 Å². The molecule has 2 amide bonds. The van der Waals surface area contributed by atoms with E-state index in [1.807, 2.05) is 0 Å². The summed E-state index contributed by atoms with van der Waals surface area (Å²) >= 11 is 9.16. The smallest absolute Gasteiger partial charge is 0.321 e. The number of halogens is 2. The Hall–Kier alpha value is -0.780. The number of hydrogen-bond donors (Lipinski definition) is 2. The standard InChI is InChI=1S/C12H16BrClN2O2/c1-8(17)5-6-16(2)12(18)15-9-3-4-11(14)10(13)7-9/h3-4,7-8,17H,5-6H2,1-2H3,(H,15,18). The maximum atomic E-state index is 11.8. The number of aliphatic hydroxyl groups excluding tert-OH is 1. The van der Waals surface area contributed by atoms with Crippen molar-refractivity contribution in [1.82, 2.24) is 4.90 Å². The van der Waals surface area contributed by atoms with E-state index in [-0.39, 0.29) is 6.03 Å². The van der Waals surface area contributed by atoms with Gasteiger partial charge in [-0.05, 0) is 47.5 Å². The van der Waals surface area contributed by atoms with Crippen molar-refractivity contribution in [3.8, 4) is 0 Å². The summed E-state index contributed by atoms with van der Waals surface area (Å²) in [6, 6.07) is 4.96. The van der Waals surface area contributed by atoms with E-state index >= 15 is 0 Å². The van der Waals surface area contributed by atoms with Gasteiger partial charge in [-0.3, -0.25) is 0 Å². The van der Waals surface area contributed by atoms with Crippen molar-refractivity contribution in [2.75, 3.05) is 18.9 Å². The van der Waals surface area contributed by atoms with Crippen molar-refractivity contribution in [1.29, 1.82) is 0 Å². The Morgan fingerprint density at radius 2 is 2.28 bits per heavy atom. The second-order valence-electron chi connectivity index (χ2n) is 4.12. The number of rotatable bonds is 4. The predicted molar refractivity (Wildman–Crippen MR) is 77.1 cm³/mol. The zero-order valence-electron chi connectivity index (χ0n) is 10.3. The fourth-order valence-corrected chi connectivity index (χ4v) is 1.77. The van der Waals surface area contributed by atoms with Gasteiger partial charge in [0.05, 0.1) is 11.1 Å². The van der Waals surface area contributed by atoms with Crippen molar-refractivity contribution in [3.63, 3.8) is 0 Å². The van der Waals surface area contributed by atoms with Crippen LogP contribution >= 0.6 is 27.5 Å². The van der Waals surface area contributed by atoms with Gasteiger partial charge in [0.25, 0.3) is 0 Å². The topological polar surface area (TPSA) is 52.6 Å². The van der Waals surface area contributed by atoms with E-state index in [1.165, 1.54) is 4.90 Å². The minimum Gasteiger partial charge on any atom is -0.393 e. The van der Waals surface area contributed by atoms with Crippen LogP contribution in [0, 0.1) is 0 Å². The van der Waals surface area contributed by atoms with Crippen LogP contribution in [0.5, 0.6) is 0 Å². The molecule has 0 radical (unpaired) electrons. The molecule has 1 rings (SSSR count). The summed E-state index contributed by atoms with van der Waals surface area (Å²) in [5, 5.41) is 12.5. The maximum absolute atomic E-state index is 11.8. The van der Waals surface area contributed by atoms with Crippen LogP contribution in [-0.4, -0.2) is 35.7 Å². The number of amides is 2. The number of benzene rings is 1. The van der Waals surface area contributed by atoms with Crippen LogP contribution in [0.2, 0.25) is 5.02 Å². The monoisotopic (exact) mass is 334 g/mol. The van der Waals surface area contributed by atoms with Gasteiger partial charge in [-0.2, -0.15) is 0 Å². The van der Waals surface area contributed by atoms with Crippen LogP contribution in [-0.2, 0) is 0 Å². The van der Waals surface area contributed by atoms with Gasteiger partial charge in [0.15, 0.2) is 0 Å². The van der Waals surface area contributed by atoms with E-state index in [2.05, 4.69) is 21.2 Å². The van der Waals surface area contributed by atoms with E-state index in [9.17, 15) is 4.79 Å². The van der Waals surface area contributed by atoms with Crippen molar-refractivity contribution in [2.24, 2.45) is 0 Å². The third-order valence-electron chi connectivity index (χ3n) is 2.40. The Kier molecular flexibility index (Phi) is 5.91. The van der Waals surface area contributed by atoms with Gasteiger partial charge in [-0.25, -0.2) is 4.79 Å². The number of urea groups is 1. The number of hydrogen-bond acceptors (Lipinski definition) is 2. The first-order valence-electron chi connectivity index (χ1n) is 5.55. The third kappa shape index (κ3) is 4.84. The highest BCUT2D eigenvalue weighted by molar-refractivity contribution is 9.10. The molecule has 0 saturated carbocycles. The molecule has 0 saturated heterocycles. The summed E-state index contributed by atoms with van der Waals surface area (Å²) in [5.41, 5.74) is 0.667. The molecule has 0 heterocycles. The molecule has 6 heteroatoms. The van der Waals surface area contributed by atoms with E-state index in [1.54, 1.807) is 32.2 Å². The number of carbonyl (C=O) groups is 1. The zero-order valence-corrected chi connectivity index (χ0v) is 12.6. The van der Waals surface area contributed by atoms with Crippen LogP contribution < -0.4 is 5.32 Å². The molecule has 0 aliphatic carbocycles. The number of aliphatic hydroxyl groups is 1. The van der Waals surface area contributed by atoms with Crippen LogP contribution in [0.1, 0.15) is 13.3 Å². The van der Waals surface area contributed by atoms with Gasteiger partial charge >= 0.3 is 6.03 Å². The summed E-state index contributed by atoms with van der Waals surface area (Å²) < 4.78 is 0.730. The van der Waals surface area contributed by atoms with E-state index in [0.29, 0.717) is 23.7 Å². The largest absolute Gasteiger partial charge is 0.393 e. The Labute approximate surface area is 120 Å². The van der Waals surface area contributed by atoms with Crippen LogP contribution in [0.3, 0.4) is 0 Å². The molecule has 0 spiro atoms. The average Bonchev–Trinajstić information content (AvgIpc) is 2.30. The Morgan fingerprint density at radius 1 is 1.61 bits per heavy atom. The quantitative estimate of drug-likeness (QED) is 0.886. The number of anilines is 1. The Morgan fingerprint density at radius 3 is 2.83 bits per heavy atom. The molecule has 0 aliphatic heterocycles. The third-order valence-corrected chi connectivity index (χ3v) is 3.61. The number of nitrogens with zero attached hydrogens (tertiary/aromatic N) is 1. The summed E-state index contributed by atoms with van der Waals surface area (Å²) in [6.07, 6.45) is 0.138. The van der Waals surface area contributed by atoms with E-state index in [4.69, 9.17) is 16.7 Å². The van der Waals surface area contributed by atoms with Gasteiger partial charge in [0.2, 0.25) is 0 Å². The molecule has 1 atom stereocenters. The lowest BCUT2D eigenvalue weighted by molar-refractivity contribution is 0.167. The van der Waals surface area contributed by atoms with E-state index in [0.717, 1.165) is 4.47 Å². The highest BCUT2D eigenvalue weighted by Crippen LogP contribution is 2.25. The molecule has 0 aliphatic rings. The van der Waals surface area contributed by atoms with Crippen LogP contribution in [0.15, 0.2) is 22.7 Å². The highest BCUT2D eigenvalue weighted by atomic mass is 79.9. The second-order valence-corrected chi connectivity index (χ2v) is 5.38. The maximum Gasteiger partial charge on any atom is 0.321 e.